The molecule has 1 aliphatic carbocycles. The Morgan fingerprint density at radius 2 is 2.00 bits per heavy atom. The highest BCUT2D eigenvalue weighted by Crippen LogP contribution is 2.39. The number of rotatable bonds is 3. The molecule has 0 unspecified atom stereocenters. The molecule has 1 aromatic carbocycles. The Labute approximate surface area is 96.6 Å². The molecular formula is C11H11ClF3N. The van der Waals surface area contributed by atoms with Crippen molar-refractivity contribution in [1.82, 2.24) is 0 Å². The van der Waals surface area contributed by atoms with Crippen molar-refractivity contribution in [3.8, 4) is 0 Å². The van der Waals surface area contributed by atoms with Crippen molar-refractivity contribution in [2.24, 2.45) is 5.92 Å². The highest BCUT2D eigenvalue weighted by molar-refractivity contribution is 6.33. The van der Waals surface area contributed by atoms with E-state index in [-0.39, 0.29) is 10.7 Å². The second-order valence-electron chi connectivity index (χ2n) is 3.98. The van der Waals surface area contributed by atoms with E-state index in [1.54, 1.807) is 0 Å². The zero-order chi connectivity index (χ0) is 11.8. The van der Waals surface area contributed by atoms with Crippen LogP contribution in [-0.2, 0) is 6.18 Å². The minimum Gasteiger partial charge on any atom is -0.383 e. The Hall–Kier alpha value is -0.900. The number of nitrogens with one attached hydrogen (secondary N) is 1. The summed E-state index contributed by atoms with van der Waals surface area (Å²) < 4.78 is 38.0. The van der Waals surface area contributed by atoms with E-state index < -0.39 is 11.7 Å². The van der Waals surface area contributed by atoms with E-state index in [9.17, 15) is 13.2 Å². The molecule has 1 saturated carbocycles. The first-order valence-electron chi connectivity index (χ1n) is 5.08. The van der Waals surface area contributed by atoms with Crippen LogP contribution in [0.3, 0.4) is 0 Å². The molecule has 1 fully saturated rings. The average Bonchev–Trinajstić information content (AvgIpc) is 2.97. The Morgan fingerprint density at radius 3 is 2.56 bits per heavy atom. The number of hydrogen-bond donors (Lipinski definition) is 1. The normalized spacial score (nSPS) is 16.2. The molecule has 0 aliphatic heterocycles. The third-order valence-corrected chi connectivity index (χ3v) is 2.90. The first-order chi connectivity index (χ1) is 7.48. The second kappa shape index (κ2) is 4.17. The molecule has 0 aromatic heterocycles. The van der Waals surface area contributed by atoms with E-state index in [0.29, 0.717) is 12.5 Å². The summed E-state index contributed by atoms with van der Waals surface area (Å²) in [4.78, 5) is 0. The van der Waals surface area contributed by atoms with Gasteiger partial charge in [-0.2, -0.15) is 13.2 Å². The molecule has 88 valence electrons. The fourth-order valence-corrected chi connectivity index (χ4v) is 1.75. The maximum atomic E-state index is 12.7. The van der Waals surface area contributed by atoms with Crippen LogP contribution in [0.5, 0.6) is 0 Å². The third kappa shape index (κ3) is 2.61. The maximum Gasteiger partial charge on any atom is 0.418 e. The topological polar surface area (TPSA) is 12.0 Å². The molecule has 1 N–H and O–H groups in total. The Kier molecular flexibility index (Phi) is 3.02. The zero-order valence-corrected chi connectivity index (χ0v) is 9.20. The molecule has 0 atom stereocenters. The Morgan fingerprint density at radius 1 is 1.31 bits per heavy atom. The van der Waals surface area contributed by atoms with Crippen LogP contribution in [0.2, 0.25) is 5.02 Å². The molecule has 0 amide bonds. The lowest BCUT2D eigenvalue weighted by molar-refractivity contribution is -0.136. The van der Waals surface area contributed by atoms with E-state index in [0.717, 1.165) is 18.9 Å². The van der Waals surface area contributed by atoms with Crippen LogP contribution in [-0.4, -0.2) is 6.54 Å². The van der Waals surface area contributed by atoms with Gasteiger partial charge in [-0.15, -0.1) is 0 Å². The van der Waals surface area contributed by atoms with Gasteiger partial charge in [-0.05, 0) is 30.9 Å². The van der Waals surface area contributed by atoms with E-state index >= 15 is 0 Å². The molecule has 1 aliphatic rings. The summed E-state index contributed by atoms with van der Waals surface area (Å²) in [7, 11) is 0. The van der Waals surface area contributed by atoms with Gasteiger partial charge >= 0.3 is 6.18 Å². The van der Waals surface area contributed by atoms with Crippen molar-refractivity contribution in [3.05, 3.63) is 28.8 Å². The molecule has 5 heteroatoms. The van der Waals surface area contributed by atoms with Crippen LogP contribution in [0, 0.1) is 5.92 Å². The molecule has 1 nitrogen and oxygen atoms in total. The molecule has 1 aromatic rings. The molecular weight excluding hydrogens is 239 g/mol. The van der Waals surface area contributed by atoms with Crippen LogP contribution >= 0.6 is 11.6 Å². The number of hydrogen-bond acceptors (Lipinski definition) is 1. The van der Waals surface area contributed by atoms with Crippen molar-refractivity contribution in [1.29, 1.82) is 0 Å². The lowest BCUT2D eigenvalue weighted by Gasteiger charge is -2.15. The fraction of sp³-hybridized carbons (Fsp3) is 0.455. The Bertz CT molecular complexity index is 385. The smallest absolute Gasteiger partial charge is 0.383 e. The quantitative estimate of drug-likeness (QED) is 0.847. The number of alkyl halides is 3. The van der Waals surface area contributed by atoms with Gasteiger partial charge in [0.15, 0.2) is 0 Å². The molecule has 0 saturated heterocycles. The van der Waals surface area contributed by atoms with Crippen LogP contribution in [0.15, 0.2) is 18.2 Å². The summed E-state index contributed by atoms with van der Waals surface area (Å²) in [6.45, 7) is 0.562. The lowest BCUT2D eigenvalue weighted by atomic mass is 10.1. The summed E-state index contributed by atoms with van der Waals surface area (Å²) >= 11 is 5.78. The molecule has 0 heterocycles. The Balaban J connectivity index is 2.24. The molecule has 0 spiro atoms. The summed E-state index contributed by atoms with van der Waals surface area (Å²) in [5.74, 6) is 0.498. The minimum absolute atomic E-state index is 0.00330. The van der Waals surface area contributed by atoms with E-state index in [1.807, 2.05) is 0 Å². The largest absolute Gasteiger partial charge is 0.418 e. The van der Waals surface area contributed by atoms with Crippen LogP contribution in [0.25, 0.3) is 0 Å². The second-order valence-corrected chi connectivity index (χ2v) is 4.39. The average molecular weight is 250 g/mol. The molecule has 2 rings (SSSR count). The van der Waals surface area contributed by atoms with Gasteiger partial charge in [0.25, 0.3) is 0 Å². The van der Waals surface area contributed by atoms with Gasteiger partial charge in [0.2, 0.25) is 0 Å². The minimum atomic E-state index is -4.36. The van der Waals surface area contributed by atoms with Crippen molar-refractivity contribution in [2.45, 2.75) is 19.0 Å². The van der Waals surface area contributed by atoms with Gasteiger partial charge < -0.3 is 5.32 Å². The highest BCUT2D eigenvalue weighted by Gasteiger charge is 2.34. The summed E-state index contributed by atoms with van der Waals surface area (Å²) in [5, 5.41) is 2.92. The molecule has 0 bridgehead atoms. The highest BCUT2D eigenvalue weighted by atomic mass is 35.5. The number of anilines is 1. The molecule has 0 radical (unpaired) electrons. The summed E-state index contributed by atoms with van der Waals surface area (Å²) in [6, 6.07) is 3.82. The number of para-hydroxylation sites is 1. The predicted octanol–water partition coefficient (Wildman–Crippen LogP) is 4.18. The van der Waals surface area contributed by atoms with E-state index in [4.69, 9.17) is 11.6 Å². The van der Waals surface area contributed by atoms with Gasteiger partial charge in [0.1, 0.15) is 0 Å². The first kappa shape index (κ1) is 11.6. The van der Waals surface area contributed by atoms with Crippen molar-refractivity contribution in [2.75, 3.05) is 11.9 Å². The first-order valence-corrected chi connectivity index (χ1v) is 5.46. The van der Waals surface area contributed by atoms with Gasteiger partial charge in [0, 0.05) is 6.54 Å². The van der Waals surface area contributed by atoms with Gasteiger partial charge in [-0.25, -0.2) is 0 Å². The van der Waals surface area contributed by atoms with Crippen LogP contribution < -0.4 is 5.32 Å². The van der Waals surface area contributed by atoms with Gasteiger partial charge in [-0.1, -0.05) is 17.7 Å². The summed E-state index contributed by atoms with van der Waals surface area (Å²) in [5.41, 5.74) is -0.691. The van der Waals surface area contributed by atoms with E-state index in [2.05, 4.69) is 5.32 Å². The fourth-order valence-electron chi connectivity index (χ4n) is 1.51. The van der Waals surface area contributed by atoms with Crippen molar-refractivity contribution < 1.29 is 13.2 Å². The van der Waals surface area contributed by atoms with Gasteiger partial charge in [-0.3, -0.25) is 0 Å². The van der Waals surface area contributed by atoms with Gasteiger partial charge in [0.05, 0.1) is 16.3 Å². The summed E-state index contributed by atoms with van der Waals surface area (Å²) in [6.07, 6.45) is -2.20. The monoisotopic (exact) mass is 249 g/mol. The van der Waals surface area contributed by atoms with Crippen molar-refractivity contribution in [3.63, 3.8) is 0 Å². The molecule has 16 heavy (non-hydrogen) atoms. The zero-order valence-electron chi connectivity index (χ0n) is 8.44. The SMILES string of the molecule is FC(F)(F)c1cccc(Cl)c1NCC1CC1. The van der Waals surface area contributed by atoms with Crippen LogP contribution in [0.1, 0.15) is 18.4 Å². The standard InChI is InChI=1S/C11H11ClF3N/c12-9-3-1-2-8(11(13,14)15)10(9)16-6-7-4-5-7/h1-3,7,16H,4-6H2. The van der Waals surface area contributed by atoms with E-state index in [1.165, 1.54) is 12.1 Å². The predicted molar refractivity (Wildman–Crippen MR) is 57.7 cm³/mol. The number of benzene rings is 1. The lowest BCUT2D eigenvalue weighted by Crippen LogP contribution is -2.12. The van der Waals surface area contributed by atoms with Crippen LogP contribution in [0.4, 0.5) is 18.9 Å². The van der Waals surface area contributed by atoms with Crippen molar-refractivity contribution >= 4 is 17.3 Å². The maximum absolute atomic E-state index is 12.7. The third-order valence-electron chi connectivity index (χ3n) is 2.58. The number of halogens is 4.